The third-order valence-electron chi connectivity index (χ3n) is 3.66. The molecule has 0 aliphatic carbocycles. The lowest BCUT2D eigenvalue weighted by molar-refractivity contribution is 0.414. The maximum atomic E-state index is 14.1. The zero-order valence-corrected chi connectivity index (χ0v) is 14.0. The smallest absolute Gasteiger partial charge is 0.202 e. The number of imidazole rings is 1. The lowest BCUT2D eigenvalue weighted by Gasteiger charge is -2.11. The van der Waals surface area contributed by atoms with Crippen LogP contribution in [-0.2, 0) is 0 Å². The van der Waals surface area contributed by atoms with Gasteiger partial charge in [0.05, 0.1) is 5.52 Å². The Morgan fingerprint density at radius 3 is 2.84 bits per heavy atom. The topological polar surface area (TPSA) is 63.2 Å². The van der Waals surface area contributed by atoms with E-state index in [1.165, 1.54) is 0 Å². The second-order valence-corrected chi connectivity index (χ2v) is 6.01. The summed E-state index contributed by atoms with van der Waals surface area (Å²) in [6.07, 6.45) is 5.00. The van der Waals surface area contributed by atoms with Gasteiger partial charge in [0.2, 0.25) is 5.82 Å². The molecule has 4 aromatic rings. The van der Waals surface area contributed by atoms with Gasteiger partial charge in [-0.1, -0.05) is 0 Å². The number of aromatic nitrogens is 3. The van der Waals surface area contributed by atoms with E-state index in [9.17, 15) is 14.0 Å². The van der Waals surface area contributed by atoms with Gasteiger partial charge in [-0.3, -0.25) is 4.40 Å². The molecule has 0 spiro atoms. The van der Waals surface area contributed by atoms with Crippen molar-refractivity contribution >= 4 is 32.5 Å². The van der Waals surface area contributed by atoms with E-state index in [0.717, 1.165) is 6.07 Å². The van der Waals surface area contributed by atoms with Crippen molar-refractivity contribution in [3.8, 4) is 17.6 Å². The van der Waals surface area contributed by atoms with Crippen LogP contribution in [0.15, 0.2) is 47.5 Å². The summed E-state index contributed by atoms with van der Waals surface area (Å²) in [5, 5.41) is 9.89. The van der Waals surface area contributed by atoms with E-state index in [-0.39, 0.29) is 15.8 Å². The van der Waals surface area contributed by atoms with Crippen molar-refractivity contribution in [2.75, 3.05) is 0 Å². The Morgan fingerprint density at radius 2 is 2.04 bits per heavy atom. The van der Waals surface area contributed by atoms with Crippen LogP contribution in [0, 0.1) is 23.0 Å². The molecule has 0 aliphatic heterocycles. The molecule has 0 amide bonds. The Hall–Kier alpha value is -3.05. The first-order chi connectivity index (χ1) is 12.1. The maximum Gasteiger partial charge on any atom is 0.202 e. The van der Waals surface area contributed by atoms with Crippen LogP contribution in [0.5, 0.6) is 11.5 Å². The fourth-order valence-corrected chi connectivity index (χ4v) is 2.97. The van der Waals surface area contributed by atoms with Crippen molar-refractivity contribution < 1.29 is 13.5 Å². The van der Waals surface area contributed by atoms with Gasteiger partial charge in [-0.2, -0.15) is 9.65 Å². The lowest BCUT2D eigenvalue weighted by atomic mass is 10.2. The molecule has 0 unspecified atom stereocenters. The average molecular weight is 401 g/mol. The SMILES string of the molecule is N#Cc1c(Br)cc(F)c(F)c1Oc1ccc2ncn3ccnc3c2c1. The monoisotopic (exact) mass is 400 g/mol. The van der Waals surface area contributed by atoms with Crippen LogP contribution in [0.1, 0.15) is 5.56 Å². The van der Waals surface area contributed by atoms with Crippen LogP contribution >= 0.6 is 15.9 Å². The molecule has 0 fully saturated rings. The van der Waals surface area contributed by atoms with Crippen molar-refractivity contribution in [3.05, 3.63) is 64.7 Å². The Kier molecular flexibility index (Phi) is 3.58. The first kappa shape index (κ1) is 15.5. The molecule has 2 aromatic heterocycles. The Morgan fingerprint density at radius 1 is 1.20 bits per heavy atom. The van der Waals surface area contributed by atoms with E-state index in [0.29, 0.717) is 16.6 Å². The second-order valence-electron chi connectivity index (χ2n) is 5.15. The molecule has 25 heavy (non-hydrogen) atoms. The number of nitriles is 1. The number of hydrogen-bond donors (Lipinski definition) is 0. The van der Waals surface area contributed by atoms with Gasteiger partial charge in [-0.25, -0.2) is 14.4 Å². The van der Waals surface area contributed by atoms with E-state index in [2.05, 4.69) is 25.9 Å². The summed E-state index contributed by atoms with van der Waals surface area (Å²) in [5.41, 5.74) is 1.19. The fourth-order valence-electron chi connectivity index (χ4n) is 2.50. The Bertz CT molecular complexity index is 1180. The summed E-state index contributed by atoms with van der Waals surface area (Å²) in [5.74, 6) is -2.58. The van der Waals surface area contributed by atoms with Gasteiger partial charge in [0.15, 0.2) is 11.6 Å². The summed E-state index contributed by atoms with van der Waals surface area (Å²) in [6.45, 7) is 0. The zero-order chi connectivity index (χ0) is 17.6. The molecule has 0 saturated carbocycles. The maximum absolute atomic E-state index is 14.1. The first-order valence-corrected chi connectivity index (χ1v) is 7.84. The molecule has 0 bridgehead atoms. The number of nitrogens with zero attached hydrogens (tertiary/aromatic N) is 4. The van der Waals surface area contributed by atoms with Crippen LogP contribution in [0.25, 0.3) is 16.6 Å². The highest BCUT2D eigenvalue weighted by atomic mass is 79.9. The van der Waals surface area contributed by atoms with Gasteiger partial charge in [0.1, 0.15) is 29.4 Å². The third-order valence-corrected chi connectivity index (χ3v) is 4.28. The van der Waals surface area contributed by atoms with Gasteiger partial charge in [-0.05, 0) is 40.2 Å². The molecular formula is C17H7BrF2N4O. The summed E-state index contributed by atoms with van der Waals surface area (Å²) < 4.78 is 35.1. The molecule has 0 N–H and O–H groups in total. The minimum absolute atomic E-state index is 0.113. The van der Waals surface area contributed by atoms with Crippen molar-refractivity contribution in [2.24, 2.45) is 0 Å². The second kappa shape index (κ2) is 5.79. The van der Waals surface area contributed by atoms with Gasteiger partial charge in [-0.15, -0.1) is 0 Å². The predicted octanol–water partition coefficient (Wildman–Crippen LogP) is 4.59. The number of ether oxygens (including phenoxy) is 1. The van der Waals surface area contributed by atoms with Crippen molar-refractivity contribution in [1.29, 1.82) is 5.26 Å². The highest BCUT2D eigenvalue weighted by molar-refractivity contribution is 9.10. The van der Waals surface area contributed by atoms with Crippen molar-refractivity contribution in [2.45, 2.75) is 0 Å². The number of hydrogen-bond acceptors (Lipinski definition) is 4. The zero-order valence-electron chi connectivity index (χ0n) is 12.4. The summed E-state index contributed by atoms with van der Waals surface area (Å²) >= 11 is 3.04. The fraction of sp³-hybridized carbons (Fsp3) is 0. The number of rotatable bonds is 2. The largest absolute Gasteiger partial charge is 0.453 e. The molecule has 5 nitrogen and oxygen atoms in total. The number of halogens is 3. The predicted molar refractivity (Wildman–Crippen MR) is 89.3 cm³/mol. The minimum Gasteiger partial charge on any atom is -0.453 e. The molecule has 2 heterocycles. The van der Waals surface area contributed by atoms with Crippen LogP contribution in [0.3, 0.4) is 0 Å². The quantitative estimate of drug-likeness (QED) is 0.461. The van der Waals surface area contributed by atoms with Crippen LogP contribution in [-0.4, -0.2) is 14.4 Å². The molecule has 0 radical (unpaired) electrons. The lowest BCUT2D eigenvalue weighted by Crippen LogP contribution is -1.97. The molecule has 0 saturated heterocycles. The Balaban J connectivity index is 1.88. The van der Waals surface area contributed by atoms with Crippen molar-refractivity contribution in [1.82, 2.24) is 14.4 Å². The summed E-state index contributed by atoms with van der Waals surface area (Å²) in [4.78, 5) is 8.53. The summed E-state index contributed by atoms with van der Waals surface area (Å²) in [6, 6.07) is 7.55. The van der Waals surface area contributed by atoms with Crippen LogP contribution < -0.4 is 4.74 Å². The van der Waals surface area contributed by atoms with Gasteiger partial charge in [0, 0.05) is 22.3 Å². The van der Waals surface area contributed by atoms with E-state index in [1.807, 2.05) is 6.07 Å². The van der Waals surface area contributed by atoms with E-state index < -0.39 is 17.4 Å². The average Bonchev–Trinajstić information content (AvgIpc) is 3.09. The molecule has 8 heteroatoms. The Labute approximate surface area is 148 Å². The molecule has 2 aromatic carbocycles. The van der Waals surface area contributed by atoms with Crippen LogP contribution in [0.4, 0.5) is 8.78 Å². The molecule has 0 atom stereocenters. The summed E-state index contributed by atoms with van der Waals surface area (Å²) in [7, 11) is 0. The van der Waals surface area contributed by atoms with E-state index >= 15 is 0 Å². The normalized spacial score (nSPS) is 11.0. The molecule has 122 valence electrons. The van der Waals surface area contributed by atoms with Gasteiger partial charge < -0.3 is 4.74 Å². The standard InChI is InChI=1S/C17H7BrF2N4O/c18-12-6-13(19)15(20)16(11(12)7-21)25-9-1-2-14-10(5-9)17-22-3-4-24(17)8-23-14/h1-6,8H. The van der Waals surface area contributed by atoms with Crippen molar-refractivity contribution in [3.63, 3.8) is 0 Å². The van der Waals surface area contributed by atoms with Gasteiger partial charge in [0.25, 0.3) is 0 Å². The number of fused-ring (bicyclic) bond motifs is 3. The first-order valence-electron chi connectivity index (χ1n) is 7.05. The minimum atomic E-state index is -1.23. The van der Waals surface area contributed by atoms with Gasteiger partial charge >= 0.3 is 0 Å². The molecule has 0 aliphatic rings. The molecular weight excluding hydrogens is 394 g/mol. The van der Waals surface area contributed by atoms with E-state index in [4.69, 9.17) is 4.74 Å². The van der Waals surface area contributed by atoms with E-state index in [1.54, 1.807) is 41.3 Å². The number of benzene rings is 2. The van der Waals surface area contributed by atoms with Crippen LogP contribution in [0.2, 0.25) is 0 Å². The highest BCUT2D eigenvalue weighted by Crippen LogP contribution is 2.35. The highest BCUT2D eigenvalue weighted by Gasteiger charge is 2.20. The molecule has 4 rings (SSSR count). The third kappa shape index (κ3) is 2.49.